The molecule has 1 saturated heterocycles. The molecule has 5 nitrogen and oxygen atoms in total. The van der Waals surface area contributed by atoms with Crippen LogP contribution in [0, 0.1) is 13.8 Å². The molecule has 4 rings (SSSR count). The third-order valence-corrected chi connectivity index (χ3v) is 6.01. The van der Waals surface area contributed by atoms with E-state index in [-0.39, 0.29) is 0 Å². The summed E-state index contributed by atoms with van der Waals surface area (Å²) in [5.74, 6) is 0.859. The van der Waals surface area contributed by atoms with E-state index in [9.17, 15) is 0 Å². The summed E-state index contributed by atoms with van der Waals surface area (Å²) in [5.41, 5.74) is 5.42. The van der Waals surface area contributed by atoms with E-state index in [0.29, 0.717) is 0 Å². The Morgan fingerprint density at radius 2 is 1.85 bits per heavy atom. The van der Waals surface area contributed by atoms with E-state index in [1.54, 1.807) is 18.4 Å². The van der Waals surface area contributed by atoms with E-state index in [2.05, 4.69) is 41.1 Å². The average molecular weight is 382 g/mol. The van der Waals surface area contributed by atoms with E-state index in [1.807, 2.05) is 19.3 Å². The van der Waals surface area contributed by atoms with Gasteiger partial charge in [-0.1, -0.05) is 0 Å². The molecule has 1 aliphatic rings. The number of methoxy groups -OCH3 is 1. The first-order chi connectivity index (χ1) is 13.2. The van der Waals surface area contributed by atoms with Gasteiger partial charge in [-0.25, -0.2) is 4.98 Å². The molecule has 0 atom stereocenters. The van der Waals surface area contributed by atoms with Crippen molar-refractivity contribution < 1.29 is 9.47 Å². The van der Waals surface area contributed by atoms with E-state index in [4.69, 9.17) is 14.5 Å². The molecule has 1 aliphatic heterocycles. The molecule has 0 unspecified atom stereocenters. The lowest BCUT2D eigenvalue weighted by Gasteiger charge is -2.28. The molecule has 0 saturated carbocycles. The standard InChI is InChI=1S/C21H23N3O2S/c1-14-12-18(23-15(2)20(14)25-3)19-13-17(16-4-6-22-7-5-16)21(27-19)24-8-10-26-11-9-24/h4-7,12-13H,8-11H2,1-3H3. The molecule has 0 aliphatic carbocycles. The Morgan fingerprint density at radius 3 is 2.52 bits per heavy atom. The number of hydrogen-bond donors (Lipinski definition) is 0. The van der Waals surface area contributed by atoms with Crippen LogP contribution in [-0.2, 0) is 4.74 Å². The molecule has 27 heavy (non-hydrogen) atoms. The molecule has 3 aromatic rings. The van der Waals surface area contributed by atoms with Crippen LogP contribution in [0.15, 0.2) is 36.7 Å². The third kappa shape index (κ3) is 3.55. The van der Waals surface area contributed by atoms with Crippen molar-refractivity contribution in [3.05, 3.63) is 47.9 Å². The van der Waals surface area contributed by atoms with Gasteiger partial charge in [0.25, 0.3) is 0 Å². The second kappa shape index (κ2) is 7.66. The van der Waals surface area contributed by atoms with Crippen molar-refractivity contribution in [3.8, 4) is 27.4 Å². The molecule has 0 bridgehead atoms. The van der Waals surface area contributed by atoms with Crippen molar-refractivity contribution in [2.75, 3.05) is 38.3 Å². The van der Waals surface area contributed by atoms with Gasteiger partial charge in [0.2, 0.25) is 0 Å². The maximum atomic E-state index is 5.54. The number of ether oxygens (including phenoxy) is 2. The average Bonchev–Trinajstić information content (AvgIpc) is 3.15. The molecule has 0 N–H and O–H groups in total. The van der Waals surface area contributed by atoms with Crippen molar-refractivity contribution in [2.24, 2.45) is 0 Å². The largest absolute Gasteiger partial charge is 0.495 e. The molecular weight excluding hydrogens is 358 g/mol. The molecule has 0 amide bonds. The minimum Gasteiger partial charge on any atom is -0.495 e. The lowest BCUT2D eigenvalue weighted by Crippen LogP contribution is -2.35. The fraction of sp³-hybridized carbons (Fsp3) is 0.333. The quantitative estimate of drug-likeness (QED) is 0.673. The highest BCUT2D eigenvalue weighted by Gasteiger charge is 2.21. The molecule has 0 spiro atoms. The van der Waals surface area contributed by atoms with Gasteiger partial charge in [-0.2, -0.15) is 0 Å². The van der Waals surface area contributed by atoms with Crippen LogP contribution in [0.1, 0.15) is 11.3 Å². The van der Waals surface area contributed by atoms with Crippen molar-refractivity contribution >= 4 is 16.3 Å². The van der Waals surface area contributed by atoms with Crippen LogP contribution >= 0.6 is 11.3 Å². The number of nitrogens with zero attached hydrogens (tertiary/aromatic N) is 3. The number of aryl methyl sites for hydroxylation is 2. The fourth-order valence-corrected chi connectivity index (χ4v) is 4.69. The van der Waals surface area contributed by atoms with Gasteiger partial charge in [-0.3, -0.25) is 4.98 Å². The topological polar surface area (TPSA) is 47.5 Å². The van der Waals surface area contributed by atoms with Crippen molar-refractivity contribution in [3.63, 3.8) is 0 Å². The number of rotatable bonds is 4. The lowest BCUT2D eigenvalue weighted by molar-refractivity contribution is 0.123. The van der Waals surface area contributed by atoms with Crippen LogP contribution in [0.5, 0.6) is 5.75 Å². The van der Waals surface area contributed by atoms with Crippen LogP contribution < -0.4 is 9.64 Å². The summed E-state index contributed by atoms with van der Waals surface area (Å²) in [6.07, 6.45) is 3.69. The van der Waals surface area contributed by atoms with Gasteiger partial charge in [0.15, 0.2) is 0 Å². The number of hydrogen-bond acceptors (Lipinski definition) is 6. The van der Waals surface area contributed by atoms with Crippen molar-refractivity contribution in [1.82, 2.24) is 9.97 Å². The highest BCUT2D eigenvalue weighted by atomic mass is 32.1. The summed E-state index contributed by atoms with van der Waals surface area (Å²) >= 11 is 1.79. The maximum absolute atomic E-state index is 5.54. The normalized spacial score (nSPS) is 14.4. The number of pyridine rings is 2. The van der Waals surface area contributed by atoms with E-state index in [1.165, 1.54) is 16.1 Å². The molecule has 4 heterocycles. The Labute approximate surface area is 163 Å². The second-order valence-corrected chi connectivity index (χ2v) is 7.64. The van der Waals surface area contributed by atoms with Crippen molar-refractivity contribution in [1.29, 1.82) is 0 Å². The Kier molecular flexibility index (Phi) is 5.09. The number of aromatic nitrogens is 2. The Hall–Kier alpha value is -2.44. The fourth-order valence-electron chi connectivity index (χ4n) is 3.50. The van der Waals surface area contributed by atoms with Gasteiger partial charge in [-0.15, -0.1) is 11.3 Å². The predicted octanol–water partition coefficient (Wildman–Crippen LogP) is 4.33. The zero-order chi connectivity index (χ0) is 18.8. The smallest absolute Gasteiger partial charge is 0.143 e. The summed E-state index contributed by atoms with van der Waals surface area (Å²) in [6.45, 7) is 7.41. The van der Waals surface area contributed by atoms with E-state index >= 15 is 0 Å². The van der Waals surface area contributed by atoms with E-state index in [0.717, 1.165) is 53.9 Å². The number of morpholine rings is 1. The first kappa shape index (κ1) is 17.9. The van der Waals surface area contributed by atoms with E-state index < -0.39 is 0 Å². The van der Waals surface area contributed by atoms with Crippen LogP contribution in [0.3, 0.4) is 0 Å². The number of anilines is 1. The van der Waals surface area contributed by atoms with Crippen LogP contribution in [0.25, 0.3) is 21.7 Å². The monoisotopic (exact) mass is 381 g/mol. The minimum atomic E-state index is 0.766. The summed E-state index contributed by atoms with van der Waals surface area (Å²) < 4.78 is 11.0. The Bertz CT molecular complexity index is 911. The first-order valence-corrected chi connectivity index (χ1v) is 9.88. The summed E-state index contributed by atoms with van der Waals surface area (Å²) in [4.78, 5) is 12.5. The highest BCUT2D eigenvalue weighted by molar-refractivity contribution is 7.20. The van der Waals surface area contributed by atoms with Gasteiger partial charge in [-0.05, 0) is 49.2 Å². The molecule has 140 valence electrons. The summed E-state index contributed by atoms with van der Waals surface area (Å²) in [6, 6.07) is 8.48. The van der Waals surface area contributed by atoms with Gasteiger partial charge < -0.3 is 14.4 Å². The maximum Gasteiger partial charge on any atom is 0.143 e. The predicted molar refractivity (Wildman–Crippen MR) is 110 cm³/mol. The molecule has 1 fully saturated rings. The number of thiophene rings is 1. The van der Waals surface area contributed by atoms with Crippen LogP contribution in [0.4, 0.5) is 5.00 Å². The highest BCUT2D eigenvalue weighted by Crippen LogP contribution is 2.43. The zero-order valence-corrected chi connectivity index (χ0v) is 16.7. The Morgan fingerprint density at radius 1 is 1.11 bits per heavy atom. The third-order valence-electron chi connectivity index (χ3n) is 4.79. The van der Waals surface area contributed by atoms with Crippen LogP contribution in [-0.4, -0.2) is 43.4 Å². The summed E-state index contributed by atoms with van der Waals surface area (Å²) in [5, 5.41) is 1.27. The molecule has 3 aromatic heterocycles. The van der Waals surface area contributed by atoms with Gasteiger partial charge in [0, 0.05) is 31.0 Å². The molecule has 0 radical (unpaired) electrons. The molecular formula is C21H23N3O2S. The van der Waals surface area contributed by atoms with Gasteiger partial charge in [0.05, 0.1) is 41.6 Å². The van der Waals surface area contributed by atoms with Crippen molar-refractivity contribution in [2.45, 2.75) is 13.8 Å². The Balaban J connectivity index is 1.82. The van der Waals surface area contributed by atoms with Crippen LogP contribution in [0.2, 0.25) is 0 Å². The molecule has 0 aromatic carbocycles. The summed E-state index contributed by atoms with van der Waals surface area (Å²) in [7, 11) is 1.69. The lowest BCUT2D eigenvalue weighted by atomic mass is 10.1. The van der Waals surface area contributed by atoms with Gasteiger partial charge >= 0.3 is 0 Å². The first-order valence-electron chi connectivity index (χ1n) is 9.07. The molecule has 6 heteroatoms. The zero-order valence-electron chi connectivity index (χ0n) is 15.9. The second-order valence-electron chi connectivity index (χ2n) is 6.61. The van der Waals surface area contributed by atoms with Gasteiger partial charge in [0.1, 0.15) is 5.75 Å². The minimum absolute atomic E-state index is 0.766. The SMILES string of the molecule is COc1c(C)cc(-c2cc(-c3ccncc3)c(N3CCOCC3)s2)nc1C.